The van der Waals surface area contributed by atoms with Crippen molar-refractivity contribution in [2.75, 3.05) is 5.32 Å². The Hall–Kier alpha value is -1.16. The number of rotatable bonds is 3. The van der Waals surface area contributed by atoms with E-state index in [1.54, 1.807) is 18.2 Å². The molecule has 108 valence electrons. The van der Waals surface area contributed by atoms with E-state index in [-0.39, 0.29) is 5.82 Å². The van der Waals surface area contributed by atoms with Crippen LogP contribution in [0.15, 0.2) is 24.3 Å². The highest BCUT2D eigenvalue weighted by Crippen LogP contribution is 2.49. The van der Waals surface area contributed by atoms with Crippen molar-refractivity contribution in [3.8, 4) is 0 Å². The predicted molar refractivity (Wildman–Crippen MR) is 84.2 cm³/mol. The predicted octanol–water partition coefficient (Wildman–Crippen LogP) is 3.94. The topological polar surface area (TPSA) is 24.1 Å². The van der Waals surface area contributed by atoms with E-state index >= 15 is 0 Å². The largest absolute Gasteiger partial charge is 0.360 e. The van der Waals surface area contributed by atoms with Crippen molar-refractivity contribution in [3.05, 3.63) is 30.1 Å². The zero-order valence-corrected chi connectivity index (χ0v) is 12.5. The fraction of sp³-hybridized carbons (Fsp3) is 0.562. The van der Waals surface area contributed by atoms with Gasteiger partial charge in [0.25, 0.3) is 0 Å². The van der Waals surface area contributed by atoms with Gasteiger partial charge < -0.3 is 10.6 Å². The molecule has 1 aromatic rings. The van der Waals surface area contributed by atoms with Gasteiger partial charge in [-0.05, 0) is 68.3 Å². The maximum atomic E-state index is 13.6. The van der Waals surface area contributed by atoms with E-state index in [9.17, 15) is 4.39 Å². The van der Waals surface area contributed by atoms with Crippen LogP contribution in [0, 0.1) is 23.6 Å². The highest BCUT2D eigenvalue weighted by Gasteiger charge is 2.41. The Bertz CT molecular complexity index is 505. The molecule has 2 fully saturated rings. The van der Waals surface area contributed by atoms with Crippen LogP contribution < -0.4 is 10.6 Å². The van der Waals surface area contributed by atoms with Gasteiger partial charge in [-0.2, -0.15) is 0 Å². The summed E-state index contributed by atoms with van der Waals surface area (Å²) in [6.07, 6.45) is 5.49. The van der Waals surface area contributed by atoms with Crippen LogP contribution in [0.25, 0.3) is 0 Å². The van der Waals surface area contributed by atoms with E-state index in [0.717, 1.165) is 11.8 Å². The summed E-state index contributed by atoms with van der Waals surface area (Å²) >= 11 is 5.30. The second kappa shape index (κ2) is 5.68. The summed E-state index contributed by atoms with van der Waals surface area (Å²) in [5, 5.41) is 6.81. The van der Waals surface area contributed by atoms with Crippen LogP contribution in [0.5, 0.6) is 0 Å². The van der Waals surface area contributed by atoms with Gasteiger partial charge in [0.2, 0.25) is 0 Å². The number of fused-ring (bicyclic) bond motifs is 2. The Labute approximate surface area is 125 Å². The molecule has 4 unspecified atom stereocenters. The molecule has 2 N–H and O–H groups in total. The lowest BCUT2D eigenvalue weighted by Gasteiger charge is -2.29. The van der Waals surface area contributed by atoms with E-state index in [4.69, 9.17) is 12.2 Å². The molecule has 4 heteroatoms. The Morgan fingerprint density at radius 2 is 2.10 bits per heavy atom. The Morgan fingerprint density at radius 3 is 2.75 bits per heavy atom. The number of benzene rings is 1. The molecule has 0 spiro atoms. The fourth-order valence-electron chi connectivity index (χ4n) is 3.94. The molecule has 0 radical (unpaired) electrons. The fourth-order valence-corrected chi connectivity index (χ4v) is 4.24. The van der Waals surface area contributed by atoms with Gasteiger partial charge in [0.15, 0.2) is 5.11 Å². The monoisotopic (exact) mass is 292 g/mol. The Kier molecular flexibility index (Phi) is 3.92. The maximum Gasteiger partial charge on any atom is 0.171 e. The summed E-state index contributed by atoms with van der Waals surface area (Å²) in [5.74, 6) is 2.24. The Morgan fingerprint density at radius 1 is 1.30 bits per heavy atom. The van der Waals surface area contributed by atoms with E-state index in [1.807, 2.05) is 0 Å². The number of nitrogens with one attached hydrogen (secondary N) is 2. The number of hydrogen-bond donors (Lipinski definition) is 2. The second-order valence-corrected chi connectivity index (χ2v) is 6.61. The van der Waals surface area contributed by atoms with Gasteiger partial charge in [-0.25, -0.2) is 4.39 Å². The van der Waals surface area contributed by atoms with E-state index in [2.05, 4.69) is 17.6 Å². The minimum Gasteiger partial charge on any atom is -0.360 e. The third kappa shape index (κ3) is 2.80. The summed E-state index contributed by atoms with van der Waals surface area (Å²) in [4.78, 5) is 0. The van der Waals surface area contributed by atoms with E-state index < -0.39 is 0 Å². The molecule has 20 heavy (non-hydrogen) atoms. The summed E-state index contributed by atoms with van der Waals surface area (Å²) in [6, 6.07) is 6.97. The smallest absolute Gasteiger partial charge is 0.171 e. The second-order valence-electron chi connectivity index (χ2n) is 6.21. The van der Waals surface area contributed by atoms with Gasteiger partial charge in [0.05, 0.1) is 5.69 Å². The zero-order chi connectivity index (χ0) is 14.1. The van der Waals surface area contributed by atoms with Gasteiger partial charge >= 0.3 is 0 Å². The van der Waals surface area contributed by atoms with Crippen molar-refractivity contribution in [2.45, 2.75) is 38.6 Å². The molecule has 2 aliphatic rings. The van der Waals surface area contributed by atoms with Crippen molar-refractivity contribution in [1.29, 1.82) is 0 Å². The summed E-state index contributed by atoms with van der Waals surface area (Å²) < 4.78 is 13.6. The van der Waals surface area contributed by atoms with E-state index in [0.29, 0.717) is 22.8 Å². The van der Waals surface area contributed by atoms with Gasteiger partial charge in [0.1, 0.15) is 5.82 Å². The van der Waals surface area contributed by atoms with Gasteiger partial charge in [-0.1, -0.05) is 18.6 Å². The third-order valence-corrected chi connectivity index (χ3v) is 5.14. The molecular formula is C16H21FN2S. The van der Waals surface area contributed by atoms with Crippen LogP contribution in [0.3, 0.4) is 0 Å². The minimum absolute atomic E-state index is 0.274. The van der Waals surface area contributed by atoms with Crippen LogP contribution >= 0.6 is 12.2 Å². The highest BCUT2D eigenvalue weighted by molar-refractivity contribution is 7.80. The number of para-hydroxylation sites is 1. The normalized spacial score (nSPS) is 29.2. The standard InChI is InChI=1S/C16H21FN2S/c1-10(13-9-11-6-7-12(13)8-11)18-16(20)19-15-5-3-2-4-14(15)17/h2-5,10-13H,6-9H2,1H3,(H2,18,19,20). The number of anilines is 1. The molecule has 2 nitrogen and oxygen atoms in total. The lowest BCUT2D eigenvalue weighted by molar-refractivity contribution is 0.279. The van der Waals surface area contributed by atoms with Crippen molar-refractivity contribution in [1.82, 2.24) is 5.32 Å². The molecule has 0 saturated heterocycles. The SMILES string of the molecule is CC(NC(=S)Nc1ccccc1F)C1CC2CCC1C2. The van der Waals surface area contributed by atoms with Crippen LogP contribution in [-0.2, 0) is 0 Å². The zero-order valence-electron chi connectivity index (χ0n) is 11.7. The molecule has 0 aromatic heterocycles. The molecular weight excluding hydrogens is 271 g/mol. The van der Waals surface area contributed by atoms with Crippen molar-refractivity contribution < 1.29 is 4.39 Å². The molecule has 2 saturated carbocycles. The first-order valence-electron chi connectivity index (χ1n) is 7.45. The summed E-state index contributed by atoms with van der Waals surface area (Å²) in [7, 11) is 0. The highest BCUT2D eigenvalue weighted by atomic mass is 32.1. The average Bonchev–Trinajstić information content (AvgIpc) is 3.03. The maximum absolute atomic E-state index is 13.6. The van der Waals surface area contributed by atoms with Crippen molar-refractivity contribution >= 4 is 23.0 Å². The molecule has 3 rings (SSSR count). The third-order valence-electron chi connectivity index (χ3n) is 4.92. The van der Waals surface area contributed by atoms with Crippen LogP contribution in [0.4, 0.5) is 10.1 Å². The first-order valence-corrected chi connectivity index (χ1v) is 7.86. The van der Waals surface area contributed by atoms with Crippen molar-refractivity contribution in [3.63, 3.8) is 0 Å². The van der Waals surface area contributed by atoms with Gasteiger partial charge in [0, 0.05) is 6.04 Å². The van der Waals surface area contributed by atoms with Crippen molar-refractivity contribution in [2.24, 2.45) is 17.8 Å². The first kappa shape index (κ1) is 13.8. The lowest BCUT2D eigenvalue weighted by atomic mass is 9.84. The van der Waals surface area contributed by atoms with Gasteiger partial charge in [-0.15, -0.1) is 0 Å². The van der Waals surface area contributed by atoms with Crippen LogP contribution in [0.1, 0.15) is 32.6 Å². The molecule has 0 aliphatic heterocycles. The molecule has 0 heterocycles. The molecule has 0 amide bonds. The lowest BCUT2D eigenvalue weighted by Crippen LogP contribution is -2.42. The average molecular weight is 292 g/mol. The summed E-state index contributed by atoms with van der Waals surface area (Å²) in [5.41, 5.74) is 0.435. The van der Waals surface area contributed by atoms with Crippen LogP contribution in [0.2, 0.25) is 0 Å². The molecule has 4 atom stereocenters. The molecule has 1 aromatic carbocycles. The number of thiocarbonyl (C=S) groups is 1. The first-order chi connectivity index (χ1) is 9.63. The minimum atomic E-state index is -0.274. The molecule has 2 bridgehead atoms. The van der Waals surface area contributed by atoms with Gasteiger partial charge in [-0.3, -0.25) is 0 Å². The Balaban J connectivity index is 1.55. The number of hydrogen-bond acceptors (Lipinski definition) is 1. The number of halogens is 1. The molecule has 2 aliphatic carbocycles. The van der Waals surface area contributed by atoms with Crippen LogP contribution in [-0.4, -0.2) is 11.2 Å². The quantitative estimate of drug-likeness (QED) is 0.825. The van der Waals surface area contributed by atoms with E-state index in [1.165, 1.54) is 31.7 Å². The summed E-state index contributed by atoms with van der Waals surface area (Å²) in [6.45, 7) is 2.20.